The van der Waals surface area contributed by atoms with E-state index in [0.717, 1.165) is 22.7 Å². The molecule has 5 heteroatoms. The minimum absolute atomic E-state index is 0.195. The fourth-order valence-electron chi connectivity index (χ4n) is 2.51. The van der Waals surface area contributed by atoms with Crippen molar-refractivity contribution in [1.82, 2.24) is 15.1 Å². The van der Waals surface area contributed by atoms with Crippen LogP contribution in [0.4, 0.5) is 0 Å². The van der Waals surface area contributed by atoms with Crippen LogP contribution in [0, 0.1) is 0 Å². The fraction of sp³-hybridized carbons (Fsp3) is 0.267. The first-order valence-corrected chi connectivity index (χ1v) is 7.77. The Balaban J connectivity index is 1.98. The van der Waals surface area contributed by atoms with Crippen LogP contribution in [0.2, 0.25) is 5.02 Å². The highest BCUT2D eigenvalue weighted by atomic mass is 35.5. The molecule has 1 N–H and O–H groups in total. The Morgan fingerprint density at radius 3 is 2.85 bits per heavy atom. The second-order valence-electron chi connectivity index (χ2n) is 4.77. The van der Waals surface area contributed by atoms with Crippen molar-refractivity contribution in [2.45, 2.75) is 12.5 Å². The molecule has 2 aromatic heterocycles. The molecule has 1 aromatic carbocycles. The number of hydrogen-bond acceptors (Lipinski definition) is 3. The van der Waals surface area contributed by atoms with Crippen molar-refractivity contribution in [3.05, 3.63) is 51.3 Å². The lowest BCUT2D eigenvalue weighted by atomic mass is 10.1. The fourth-order valence-corrected chi connectivity index (χ4v) is 3.81. The zero-order valence-electron chi connectivity index (χ0n) is 11.4. The van der Waals surface area contributed by atoms with Gasteiger partial charge >= 0.3 is 0 Å². The van der Waals surface area contributed by atoms with Crippen molar-refractivity contribution in [1.29, 1.82) is 0 Å². The summed E-state index contributed by atoms with van der Waals surface area (Å²) in [6, 6.07) is 10.5. The van der Waals surface area contributed by atoms with Gasteiger partial charge in [0.2, 0.25) is 0 Å². The van der Waals surface area contributed by atoms with Crippen LogP contribution in [0.25, 0.3) is 10.9 Å². The predicted molar refractivity (Wildman–Crippen MR) is 85.5 cm³/mol. The van der Waals surface area contributed by atoms with Gasteiger partial charge in [-0.05, 0) is 24.6 Å². The van der Waals surface area contributed by atoms with E-state index in [-0.39, 0.29) is 6.04 Å². The van der Waals surface area contributed by atoms with Crippen molar-refractivity contribution in [3.8, 4) is 0 Å². The predicted octanol–water partition coefficient (Wildman–Crippen LogP) is 3.79. The zero-order valence-corrected chi connectivity index (χ0v) is 13.0. The molecule has 3 aromatic rings. The summed E-state index contributed by atoms with van der Waals surface area (Å²) in [4.78, 5) is 1.17. The number of thiophene rings is 1. The molecule has 104 valence electrons. The summed E-state index contributed by atoms with van der Waals surface area (Å²) in [7, 11) is 3.95. The SMILES string of the molecule is CNC(Cc1nn(C)c2ccccc12)c1sccc1Cl. The van der Waals surface area contributed by atoms with Gasteiger partial charge in [-0.15, -0.1) is 11.3 Å². The van der Waals surface area contributed by atoms with Gasteiger partial charge in [0.05, 0.1) is 16.2 Å². The summed E-state index contributed by atoms with van der Waals surface area (Å²) in [6.45, 7) is 0. The number of hydrogen-bond donors (Lipinski definition) is 1. The van der Waals surface area contributed by atoms with Crippen molar-refractivity contribution in [3.63, 3.8) is 0 Å². The second kappa shape index (κ2) is 5.56. The van der Waals surface area contributed by atoms with Gasteiger partial charge in [0.15, 0.2) is 0 Å². The number of aromatic nitrogens is 2. The monoisotopic (exact) mass is 305 g/mol. The number of nitrogens with zero attached hydrogens (tertiary/aromatic N) is 2. The summed E-state index contributed by atoms with van der Waals surface area (Å²) in [6.07, 6.45) is 0.831. The lowest BCUT2D eigenvalue weighted by Gasteiger charge is -2.14. The number of aryl methyl sites for hydroxylation is 1. The first-order chi connectivity index (χ1) is 9.70. The number of halogens is 1. The van der Waals surface area contributed by atoms with Gasteiger partial charge in [-0.2, -0.15) is 5.10 Å². The molecule has 0 bridgehead atoms. The Hall–Kier alpha value is -1.36. The highest BCUT2D eigenvalue weighted by Gasteiger charge is 2.18. The minimum atomic E-state index is 0.195. The topological polar surface area (TPSA) is 29.9 Å². The smallest absolute Gasteiger partial charge is 0.0722 e. The molecule has 0 aliphatic heterocycles. The standard InChI is InChI=1S/C15H16ClN3S/c1-17-13(15-11(16)7-8-20-15)9-12-10-5-3-4-6-14(10)19(2)18-12/h3-8,13,17H,9H2,1-2H3. The summed E-state index contributed by atoms with van der Waals surface area (Å²) < 4.78 is 1.94. The number of rotatable bonds is 4. The lowest BCUT2D eigenvalue weighted by Crippen LogP contribution is -2.18. The molecule has 3 nitrogen and oxygen atoms in total. The van der Waals surface area contributed by atoms with E-state index in [1.807, 2.05) is 36.3 Å². The molecule has 0 saturated heterocycles. The van der Waals surface area contributed by atoms with Crippen LogP contribution in [0.1, 0.15) is 16.6 Å². The normalized spacial score (nSPS) is 12.9. The molecule has 2 heterocycles. The third-order valence-electron chi connectivity index (χ3n) is 3.54. The van der Waals surface area contributed by atoms with Crippen molar-refractivity contribution >= 4 is 33.8 Å². The van der Waals surface area contributed by atoms with Gasteiger partial charge in [0.25, 0.3) is 0 Å². The van der Waals surface area contributed by atoms with Gasteiger partial charge in [0, 0.05) is 29.8 Å². The number of para-hydroxylation sites is 1. The van der Waals surface area contributed by atoms with Gasteiger partial charge in [-0.3, -0.25) is 4.68 Å². The Kier molecular flexibility index (Phi) is 3.78. The van der Waals surface area contributed by atoms with E-state index in [1.165, 1.54) is 10.3 Å². The molecular weight excluding hydrogens is 290 g/mol. The highest BCUT2D eigenvalue weighted by Crippen LogP contribution is 2.31. The molecule has 0 aliphatic rings. The second-order valence-corrected chi connectivity index (χ2v) is 6.12. The summed E-state index contributed by atoms with van der Waals surface area (Å²) in [5.74, 6) is 0. The van der Waals surface area contributed by atoms with Crippen LogP contribution < -0.4 is 5.32 Å². The molecule has 0 fully saturated rings. The van der Waals surface area contributed by atoms with Crippen LogP contribution in [-0.2, 0) is 13.5 Å². The average Bonchev–Trinajstić information content (AvgIpc) is 3.01. The molecule has 0 aliphatic carbocycles. The maximum absolute atomic E-state index is 6.25. The number of fused-ring (bicyclic) bond motifs is 1. The van der Waals surface area contributed by atoms with E-state index >= 15 is 0 Å². The van der Waals surface area contributed by atoms with Crippen LogP contribution in [0.15, 0.2) is 35.7 Å². The van der Waals surface area contributed by atoms with E-state index in [9.17, 15) is 0 Å². The molecule has 0 spiro atoms. The van der Waals surface area contributed by atoms with E-state index < -0.39 is 0 Å². The quantitative estimate of drug-likeness (QED) is 0.795. The van der Waals surface area contributed by atoms with Crippen molar-refractivity contribution in [2.75, 3.05) is 7.05 Å². The van der Waals surface area contributed by atoms with Gasteiger partial charge in [-0.1, -0.05) is 29.8 Å². The van der Waals surface area contributed by atoms with Crippen LogP contribution in [0.3, 0.4) is 0 Å². The van der Waals surface area contributed by atoms with Crippen molar-refractivity contribution < 1.29 is 0 Å². The van der Waals surface area contributed by atoms with Gasteiger partial charge in [-0.25, -0.2) is 0 Å². The van der Waals surface area contributed by atoms with Crippen LogP contribution in [-0.4, -0.2) is 16.8 Å². The van der Waals surface area contributed by atoms with Crippen molar-refractivity contribution in [2.24, 2.45) is 7.05 Å². The van der Waals surface area contributed by atoms with E-state index in [2.05, 4.69) is 28.6 Å². The third-order valence-corrected chi connectivity index (χ3v) is 5.01. The summed E-state index contributed by atoms with van der Waals surface area (Å²) in [5.41, 5.74) is 2.27. The largest absolute Gasteiger partial charge is 0.312 e. The maximum Gasteiger partial charge on any atom is 0.0722 e. The van der Waals surface area contributed by atoms with Gasteiger partial charge < -0.3 is 5.32 Å². The molecule has 1 atom stereocenters. The number of benzene rings is 1. The Morgan fingerprint density at radius 2 is 2.15 bits per heavy atom. The molecule has 20 heavy (non-hydrogen) atoms. The minimum Gasteiger partial charge on any atom is -0.312 e. The summed E-state index contributed by atoms with van der Waals surface area (Å²) in [5, 5.41) is 12.1. The van der Waals surface area contributed by atoms with Gasteiger partial charge in [0.1, 0.15) is 0 Å². The molecule has 3 rings (SSSR count). The Labute approximate surface area is 127 Å². The summed E-state index contributed by atoms with van der Waals surface area (Å²) >= 11 is 7.93. The first kappa shape index (κ1) is 13.6. The number of likely N-dealkylation sites (N-methyl/N-ethyl adjacent to an activating group) is 1. The average molecular weight is 306 g/mol. The zero-order chi connectivity index (χ0) is 14.1. The van der Waals surface area contributed by atoms with Crippen LogP contribution >= 0.6 is 22.9 Å². The van der Waals surface area contributed by atoms with E-state index in [1.54, 1.807) is 11.3 Å². The molecule has 1 unspecified atom stereocenters. The third kappa shape index (κ3) is 2.35. The number of nitrogens with one attached hydrogen (secondary N) is 1. The first-order valence-electron chi connectivity index (χ1n) is 6.51. The molecular formula is C15H16ClN3S. The molecule has 0 saturated carbocycles. The Morgan fingerprint density at radius 1 is 1.35 bits per heavy atom. The highest BCUT2D eigenvalue weighted by molar-refractivity contribution is 7.10. The van der Waals surface area contributed by atoms with E-state index in [0.29, 0.717) is 0 Å². The molecule has 0 radical (unpaired) electrons. The Bertz CT molecular complexity index is 732. The maximum atomic E-state index is 6.25. The molecule has 0 amide bonds. The van der Waals surface area contributed by atoms with E-state index in [4.69, 9.17) is 11.6 Å². The lowest BCUT2D eigenvalue weighted by molar-refractivity contribution is 0.588. The van der Waals surface area contributed by atoms with Crippen LogP contribution in [0.5, 0.6) is 0 Å².